The summed E-state index contributed by atoms with van der Waals surface area (Å²) in [7, 11) is 1.64. The standard InChI is InChI=1S/C17H19IN2O2/c1-22-16-11-20(10-15(16)21)17-8-7-13(18)14(19-17)9-12-5-3-2-4-6-12/h2-8,15-16,21H,9-11H2,1H3. The Kier molecular flexibility index (Phi) is 4.95. The predicted octanol–water partition coefficient (Wildman–Crippen LogP) is 2.47. The molecule has 22 heavy (non-hydrogen) atoms. The fraction of sp³-hybridized carbons (Fsp3) is 0.353. The third-order valence-corrected chi connectivity index (χ3v) is 4.96. The molecule has 5 heteroatoms. The Morgan fingerprint density at radius 1 is 1.23 bits per heavy atom. The van der Waals surface area contributed by atoms with Gasteiger partial charge in [-0.05, 0) is 40.3 Å². The van der Waals surface area contributed by atoms with Gasteiger partial charge in [0.05, 0.1) is 11.8 Å². The summed E-state index contributed by atoms with van der Waals surface area (Å²) in [6.07, 6.45) is 0.221. The van der Waals surface area contributed by atoms with Crippen LogP contribution >= 0.6 is 22.6 Å². The molecule has 1 aliphatic heterocycles. The number of aromatic nitrogens is 1. The number of methoxy groups -OCH3 is 1. The maximum Gasteiger partial charge on any atom is 0.129 e. The number of nitrogens with zero attached hydrogens (tertiary/aromatic N) is 2. The smallest absolute Gasteiger partial charge is 0.129 e. The molecule has 2 unspecified atom stereocenters. The van der Waals surface area contributed by atoms with Crippen LogP contribution in [0, 0.1) is 3.57 Å². The molecule has 1 fully saturated rings. The lowest BCUT2D eigenvalue weighted by molar-refractivity contribution is 0.0217. The number of β-amino-alcohol motifs (C(OH)–C–C–N with tert-alkyl or cyclic N) is 1. The molecule has 0 aliphatic carbocycles. The normalized spacial score (nSPS) is 21.3. The summed E-state index contributed by atoms with van der Waals surface area (Å²) in [5, 5.41) is 9.98. The second-order valence-electron chi connectivity index (χ2n) is 5.51. The van der Waals surface area contributed by atoms with Crippen molar-refractivity contribution in [2.24, 2.45) is 0 Å². The molecular formula is C17H19IN2O2. The van der Waals surface area contributed by atoms with Crippen LogP contribution in [-0.2, 0) is 11.2 Å². The summed E-state index contributed by atoms with van der Waals surface area (Å²) in [4.78, 5) is 6.89. The zero-order chi connectivity index (χ0) is 15.5. The topological polar surface area (TPSA) is 45.6 Å². The summed E-state index contributed by atoms with van der Waals surface area (Å²) in [5.74, 6) is 0.907. The van der Waals surface area contributed by atoms with Crippen molar-refractivity contribution in [3.63, 3.8) is 0 Å². The van der Waals surface area contributed by atoms with E-state index in [1.165, 1.54) is 5.56 Å². The van der Waals surface area contributed by atoms with Crippen LogP contribution in [0.5, 0.6) is 0 Å². The van der Waals surface area contributed by atoms with Crippen LogP contribution < -0.4 is 4.90 Å². The van der Waals surface area contributed by atoms with Crippen molar-refractivity contribution in [2.45, 2.75) is 18.6 Å². The lowest BCUT2D eigenvalue weighted by atomic mass is 10.1. The largest absolute Gasteiger partial charge is 0.388 e. The van der Waals surface area contributed by atoms with Crippen molar-refractivity contribution >= 4 is 28.4 Å². The van der Waals surface area contributed by atoms with Gasteiger partial charge in [0.1, 0.15) is 11.9 Å². The summed E-state index contributed by atoms with van der Waals surface area (Å²) in [5.41, 5.74) is 2.32. The van der Waals surface area contributed by atoms with Gasteiger partial charge in [-0.1, -0.05) is 30.3 Å². The molecule has 116 valence electrons. The molecule has 2 atom stereocenters. The van der Waals surface area contributed by atoms with E-state index in [4.69, 9.17) is 9.72 Å². The molecular weight excluding hydrogens is 391 g/mol. The van der Waals surface area contributed by atoms with E-state index >= 15 is 0 Å². The number of benzene rings is 1. The van der Waals surface area contributed by atoms with Crippen molar-refractivity contribution in [2.75, 3.05) is 25.1 Å². The van der Waals surface area contributed by atoms with E-state index in [2.05, 4.69) is 45.7 Å². The van der Waals surface area contributed by atoms with Gasteiger partial charge in [-0.2, -0.15) is 0 Å². The van der Waals surface area contributed by atoms with Crippen LogP contribution in [0.15, 0.2) is 42.5 Å². The number of aliphatic hydroxyl groups is 1. The Labute approximate surface area is 144 Å². The summed E-state index contributed by atoms with van der Waals surface area (Å²) in [6.45, 7) is 1.24. The number of hydrogen-bond donors (Lipinski definition) is 1. The molecule has 2 aromatic rings. The molecule has 1 aliphatic rings. The van der Waals surface area contributed by atoms with E-state index in [1.54, 1.807) is 7.11 Å². The molecule has 1 N–H and O–H groups in total. The molecule has 4 nitrogen and oxygen atoms in total. The minimum Gasteiger partial charge on any atom is -0.388 e. The molecule has 1 saturated heterocycles. The van der Waals surface area contributed by atoms with Crippen molar-refractivity contribution in [1.29, 1.82) is 0 Å². The van der Waals surface area contributed by atoms with Gasteiger partial charge in [-0.25, -0.2) is 4.98 Å². The highest BCUT2D eigenvalue weighted by Gasteiger charge is 2.32. The van der Waals surface area contributed by atoms with Gasteiger partial charge in [0.15, 0.2) is 0 Å². The van der Waals surface area contributed by atoms with Crippen molar-refractivity contribution in [3.05, 3.63) is 57.3 Å². The average Bonchev–Trinajstić information content (AvgIpc) is 2.91. The Balaban J connectivity index is 1.81. The Bertz CT molecular complexity index is 636. The lowest BCUT2D eigenvalue weighted by Gasteiger charge is -2.18. The molecule has 0 saturated carbocycles. The molecule has 0 amide bonds. The molecule has 0 spiro atoms. The van der Waals surface area contributed by atoms with Gasteiger partial charge < -0.3 is 14.7 Å². The maximum absolute atomic E-state index is 9.98. The minimum atomic E-state index is -0.455. The Morgan fingerprint density at radius 2 is 2.00 bits per heavy atom. The maximum atomic E-state index is 9.98. The highest BCUT2D eigenvalue weighted by Crippen LogP contribution is 2.23. The van der Waals surface area contributed by atoms with Crippen LogP contribution in [0.2, 0.25) is 0 Å². The number of anilines is 1. The van der Waals surface area contributed by atoms with Crippen molar-refractivity contribution in [3.8, 4) is 0 Å². The molecule has 1 aromatic carbocycles. The van der Waals surface area contributed by atoms with Gasteiger partial charge in [0.25, 0.3) is 0 Å². The fourth-order valence-electron chi connectivity index (χ4n) is 2.74. The number of hydrogen-bond acceptors (Lipinski definition) is 4. The zero-order valence-corrected chi connectivity index (χ0v) is 14.6. The van der Waals surface area contributed by atoms with Crippen LogP contribution in [-0.4, -0.2) is 42.5 Å². The van der Waals surface area contributed by atoms with Gasteiger partial charge in [-0.15, -0.1) is 0 Å². The first kappa shape index (κ1) is 15.7. The number of aliphatic hydroxyl groups excluding tert-OH is 1. The van der Waals surface area contributed by atoms with Gasteiger partial charge in [0.2, 0.25) is 0 Å². The van der Waals surface area contributed by atoms with Crippen molar-refractivity contribution < 1.29 is 9.84 Å². The Hall–Kier alpha value is -1.18. The first-order valence-corrected chi connectivity index (χ1v) is 8.40. The van der Waals surface area contributed by atoms with E-state index in [-0.39, 0.29) is 6.10 Å². The monoisotopic (exact) mass is 410 g/mol. The third kappa shape index (κ3) is 3.42. The molecule has 1 aromatic heterocycles. The van der Waals surface area contributed by atoms with E-state index in [0.29, 0.717) is 13.1 Å². The predicted molar refractivity (Wildman–Crippen MR) is 95.2 cm³/mol. The average molecular weight is 410 g/mol. The number of ether oxygens (including phenoxy) is 1. The van der Waals surface area contributed by atoms with Gasteiger partial charge in [0, 0.05) is 30.2 Å². The highest BCUT2D eigenvalue weighted by molar-refractivity contribution is 14.1. The van der Waals surface area contributed by atoms with Crippen LogP contribution in [0.4, 0.5) is 5.82 Å². The highest BCUT2D eigenvalue weighted by atomic mass is 127. The minimum absolute atomic E-state index is 0.140. The number of rotatable bonds is 4. The van der Waals surface area contributed by atoms with E-state index in [1.807, 2.05) is 24.3 Å². The van der Waals surface area contributed by atoms with Crippen LogP contribution in [0.1, 0.15) is 11.3 Å². The molecule has 3 rings (SSSR count). The van der Waals surface area contributed by atoms with Crippen LogP contribution in [0.3, 0.4) is 0 Å². The zero-order valence-electron chi connectivity index (χ0n) is 12.4. The lowest BCUT2D eigenvalue weighted by Crippen LogP contribution is -2.25. The number of halogens is 1. The molecule has 0 radical (unpaired) electrons. The first-order chi connectivity index (χ1) is 10.7. The molecule has 2 heterocycles. The second kappa shape index (κ2) is 6.93. The summed E-state index contributed by atoms with van der Waals surface area (Å²) < 4.78 is 6.46. The van der Waals surface area contributed by atoms with E-state index in [9.17, 15) is 5.11 Å². The van der Waals surface area contributed by atoms with Gasteiger partial charge >= 0.3 is 0 Å². The Morgan fingerprint density at radius 3 is 2.68 bits per heavy atom. The fourth-order valence-corrected chi connectivity index (χ4v) is 3.23. The summed E-state index contributed by atoms with van der Waals surface area (Å²) in [6, 6.07) is 14.5. The van der Waals surface area contributed by atoms with Gasteiger partial charge in [-0.3, -0.25) is 0 Å². The SMILES string of the molecule is COC1CN(c2ccc(I)c(Cc3ccccc3)n2)CC1O. The quantitative estimate of drug-likeness (QED) is 0.787. The summed E-state index contributed by atoms with van der Waals surface area (Å²) >= 11 is 2.33. The van der Waals surface area contributed by atoms with Crippen molar-refractivity contribution in [1.82, 2.24) is 4.98 Å². The first-order valence-electron chi connectivity index (χ1n) is 7.32. The second-order valence-corrected chi connectivity index (χ2v) is 6.67. The number of pyridine rings is 1. The van der Waals surface area contributed by atoms with E-state index in [0.717, 1.165) is 21.5 Å². The van der Waals surface area contributed by atoms with E-state index < -0.39 is 6.10 Å². The third-order valence-electron chi connectivity index (χ3n) is 3.98. The van der Waals surface area contributed by atoms with Crippen LogP contribution in [0.25, 0.3) is 0 Å². The molecule has 0 bridgehead atoms.